The maximum Gasteiger partial charge on any atom is 0.143 e. The fourth-order valence-corrected chi connectivity index (χ4v) is 10.4. The van der Waals surface area contributed by atoms with Gasteiger partial charge < -0.3 is 13.9 Å². The minimum Gasteiger partial charge on any atom is -0.455 e. The quantitative estimate of drug-likeness (QED) is 0.144. The van der Waals surface area contributed by atoms with Gasteiger partial charge in [-0.1, -0.05) is 200 Å². The first-order valence-corrected chi connectivity index (χ1v) is 23.6. The van der Waals surface area contributed by atoms with E-state index in [2.05, 4.69) is 264 Å². The molecule has 324 valence electrons. The van der Waals surface area contributed by atoms with Gasteiger partial charge in [-0.3, -0.25) is 0 Å². The van der Waals surface area contributed by atoms with Gasteiger partial charge in [0.1, 0.15) is 11.2 Å². The number of hydrogen-bond donors (Lipinski definition) is 0. The molecule has 0 spiro atoms. The molecule has 0 amide bonds. The molecule has 2 aromatic heterocycles. The lowest BCUT2D eigenvalue weighted by Crippen LogP contribution is -2.10. The Kier molecular flexibility index (Phi) is 9.84. The van der Waals surface area contributed by atoms with E-state index in [-0.39, 0.29) is 0 Å². The van der Waals surface area contributed by atoms with E-state index in [4.69, 9.17) is 4.42 Å². The number of benzene rings is 11. The van der Waals surface area contributed by atoms with Crippen molar-refractivity contribution in [1.82, 2.24) is 4.57 Å². The number of furan rings is 1. The number of rotatable bonds is 9. The molecule has 11 aromatic carbocycles. The highest BCUT2D eigenvalue weighted by Gasteiger charge is 2.20. The van der Waals surface area contributed by atoms with Crippen molar-refractivity contribution in [2.45, 2.75) is 0 Å². The third-order valence-electron chi connectivity index (χ3n) is 13.6. The van der Waals surface area contributed by atoms with Gasteiger partial charge in [-0.2, -0.15) is 0 Å². The minimum atomic E-state index is 0.898. The molecule has 0 unspecified atom stereocenters. The number of hydrogen-bond acceptors (Lipinski definition) is 2. The lowest BCUT2D eigenvalue weighted by atomic mass is 9.93. The predicted molar refractivity (Wildman–Crippen MR) is 290 cm³/mol. The summed E-state index contributed by atoms with van der Waals surface area (Å²) in [6, 6.07) is 96.1. The van der Waals surface area contributed by atoms with E-state index in [1.807, 2.05) is 12.1 Å². The van der Waals surface area contributed by atoms with Crippen molar-refractivity contribution >= 4 is 60.8 Å². The van der Waals surface area contributed by atoms with Crippen molar-refractivity contribution in [3.63, 3.8) is 0 Å². The van der Waals surface area contributed by atoms with Gasteiger partial charge in [-0.15, -0.1) is 0 Å². The van der Waals surface area contributed by atoms with Gasteiger partial charge in [0, 0.05) is 49.7 Å². The lowest BCUT2D eigenvalue weighted by molar-refractivity contribution is 0.670. The first-order valence-electron chi connectivity index (χ1n) is 23.6. The van der Waals surface area contributed by atoms with Gasteiger partial charge in [0.05, 0.1) is 16.7 Å². The van der Waals surface area contributed by atoms with Crippen LogP contribution in [0.2, 0.25) is 0 Å². The number of anilines is 3. The second-order valence-electron chi connectivity index (χ2n) is 17.6. The van der Waals surface area contributed by atoms with Crippen LogP contribution in [0.3, 0.4) is 0 Å². The molecular formula is C66H44N2O. The van der Waals surface area contributed by atoms with Crippen LogP contribution in [0.1, 0.15) is 0 Å². The standard InChI is InChI=1S/C66H44N2O/c1-2-17-45(18-3-1)48-19-14-20-49(43-48)50-21-15-22-53(44-50)67(52-41-37-47(38-42-52)55-29-16-30-61-60-28-9-13-34-65(60)69-66(55)61)51-39-35-46(36-40-51)54-23-4-5-24-56(54)57-25-6-10-31-62(57)68-63-32-11-7-26-58(63)59-27-8-12-33-64(59)68/h1-44H. The number of aromatic nitrogens is 1. The molecule has 0 N–H and O–H groups in total. The van der Waals surface area contributed by atoms with Gasteiger partial charge in [-0.25, -0.2) is 0 Å². The molecule has 0 fully saturated rings. The fraction of sp³-hybridized carbons (Fsp3) is 0. The van der Waals surface area contributed by atoms with Crippen LogP contribution in [-0.2, 0) is 0 Å². The summed E-state index contributed by atoms with van der Waals surface area (Å²) in [6.45, 7) is 0. The third-order valence-corrected chi connectivity index (χ3v) is 13.6. The van der Waals surface area contributed by atoms with E-state index in [9.17, 15) is 0 Å². The fourth-order valence-electron chi connectivity index (χ4n) is 10.4. The van der Waals surface area contributed by atoms with Crippen molar-refractivity contribution < 1.29 is 4.42 Å². The molecule has 13 rings (SSSR count). The molecule has 0 radical (unpaired) electrons. The summed E-state index contributed by atoms with van der Waals surface area (Å²) < 4.78 is 8.90. The van der Waals surface area contributed by atoms with Crippen molar-refractivity contribution in [1.29, 1.82) is 0 Å². The average molecular weight is 881 g/mol. The Labute approximate surface area is 401 Å². The highest BCUT2D eigenvalue weighted by molar-refractivity contribution is 6.11. The van der Waals surface area contributed by atoms with E-state index in [0.29, 0.717) is 0 Å². The summed E-state index contributed by atoms with van der Waals surface area (Å²) in [5, 5.41) is 4.75. The third kappa shape index (κ3) is 7.08. The second-order valence-corrected chi connectivity index (χ2v) is 17.6. The zero-order valence-corrected chi connectivity index (χ0v) is 37.7. The molecule has 3 heteroatoms. The zero-order valence-electron chi connectivity index (χ0n) is 37.7. The SMILES string of the molecule is c1ccc(-c2cccc(-c3cccc(N(c4ccc(-c5ccccc5-c5ccccc5-n5c6ccccc6c6ccccc65)cc4)c4ccc(-c5cccc6c5oc5ccccc56)cc4)c3)c2)cc1. The van der Waals surface area contributed by atoms with Crippen molar-refractivity contribution in [3.8, 4) is 61.3 Å². The summed E-state index contributed by atoms with van der Waals surface area (Å²) in [4.78, 5) is 2.36. The van der Waals surface area contributed by atoms with Crippen molar-refractivity contribution in [3.05, 3.63) is 267 Å². The van der Waals surface area contributed by atoms with Crippen LogP contribution in [0.25, 0.3) is 105 Å². The number of para-hydroxylation sites is 5. The molecule has 3 nitrogen and oxygen atoms in total. The van der Waals surface area contributed by atoms with Gasteiger partial charge in [0.2, 0.25) is 0 Å². The Morgan fingerprint density at radius 1 is 0.275 bits per heavy atom. The molecule has 0 atom stereocenters. The van der Waals surface area contributed by atoms with Gasteiger partial charge >= 0.3 is 0 Å². The summed E-state index contributed by atoms with van der Waals surface area (Å²) in [5.41, 5.74) is 20.1. The topological polar surface area (TPSA) is 21.3 Å². The van der Waals surface area contributed by atoms with E-state index < -0.39 is 0 Å². The van der Waals surface area contributed by atoms with E-state index >= 15 is 0 Å². The Morgan fingerprint density at radius 2 is 0.754 bits per heavy atom. The van der Waals surface area contributed by atoms with Crippen molar-refractivity contribution in [2.75, 3.05) is 4.90 Å². The summed E-state index contributed by atoms with van der Waals surface area (Å²) in [5.74, 6) is 0. The molecule has 2 heterocycles. The smallest absolute Gasteiger partial charge is 0.143 e. The second kappa shape index (κ2) is 16.9. The molecule has 0 aliphatic heterocycles. The van der Waals surface area contributed by atoms with Crippen LogP contribution >= 0.6 is 0 Å². The zero-order chi connectivity index (χ0) is 45.7. The number of nitrogens with zero attached hydrogens (tertiary/aromatic N) is 2. The maximum atomic E-state index is 6.48. The van der Waals surface area contributed by atoms with Crippen LogP contribution in [0.5, 0.6) is 0 Å². The van der Waals surface area contributed by atoms with E-state index in [0.717, 1.165) is 66.9 Å². The molecular weight excluding hydrogens is 837 g/mol. The van der Waals surface area contributed by atoms with E-state index in [1.54, 1.807) is 0 Å². The molecule has 69 heavy (non-hydrogen) atoms. The average Bonchev–Trinajstić information content (AvgIpc) is 3.98. The van der Waals surface area contributed by atoms with Crippen LogP contribution in [0, 0.1) is 0 Å². The van der Waals surface area contributed by atoms with E-state index in [1.165, 1.54) is 55.2 Å². The van der Waals surface area contributed by atoms with Crippen LogP contribution in [0.4, 0.5) is 17.1 Å². The molecule has 0 saturated carbocycles. The van der Waals surface area contributed by atoms with Crippen molar-refractivity contribution in [2.24, 2.45) is 0 Å². The summed E-state index contributed by atoms with van der Waals surface area (Å²) >= 11 is 0. The molecule has 13 aromatic rings. The summed E-state index contributed by atoms with van der Waals surface area (Å²) in [6.07, 6.45) is 0. The first kappa shape index (κ1) is 40.1. The Morgan fingerprint density at radius 3 is 1.46 bits per heavy atom. The van der Waals surface area contributed by atoms with Gasteiger partial charge in [0.15, 0.2) is 0 Å². The first-order chi connectivity index (χ1) is 34.2. The molecule has 0 bridgehead atoms. The highest BCUT2D eigenvalue weighted by Crippen LogP contribution is 2.43. The minimum absolute atomic E-state index is 0.898. The number of fused-ring (bicyclic) bond motifs is 6. The monoisotopic (exact) mass is 880 g/mol. The maximum absolute atomic E-state index is 6.48. The summed E-state index contributed by atoms with van der Waals surface area (Å²) in [7, 11) is 0. The molecule has 0 saturated heterocycles. The predicted octanol–water partition coefficient (Wildman–Crippen LogP) is 18.5. The highest BCUT2D eigenvalue weighted by atomic mass is 16.3. The Hall–Kier alpha value is -9.18. The largest absolute Gasteiger partial charge is 0.455 e. The molecule has 0 aliphatic rings. The Balaban J connectivity index is 0.913. The lowest BCUT2D eigenvalue weighted by Gasteiger charge is -2.26. The van der Waals surface area contributed by atoms with Crippen LogP contribution in [-0.4, -0.2) is 4.57 Å². The Bertz CT molecular complexity index is 3960. The molecule has 0 aliphatic carbocycles. The van der Waals surface area contributed by atoms with Gasteiger partial charge in [0.25, 0.3) is 0 Å². The normalized spacial score (nSPS) is 11.5. The van der Waals surface area contributed by atoms with Gasteiger partial charge in [-0.05, 0) is 111 Å². The van der Waals surface area contributed by atoms with Crippen LogP contribution < -0.4 is 4.90 Å². The van der Waals surface area contributed by atoms with Crippen LogP contribution in [0.15, 0.2) is 271 Å².